The maximum Gasteiger partial charge on any atom is 0.419 e. The van der Waals surface area contributed by atoms with Gasteiger partial charge in [-0.3, -0.25) is 4.79 Å². The molecule has 16 heavy (non-hydrogen) atoms. The minimum Gasteiger partial charge on any atom is -0.296 e. The zero-order chi connectivity index (χ0) is 12.5. The van der Waals surface area contributed by atoms with E-state index in [4.69, 9.17) is 11.6 Å². The van der Waals surface area contributed by atoms with Crippen molar-refractivity contribution in [2.24, 2.45) is 0 Å². The molecule has 88 valence electrons. The van der Waals surface area contributed by atoms with Crippen LogP contribution in [0.1, 0.15) is 28.0 Å². The number of aldehydes is 1. The third-order valence-corrected chi connectivity index (χ3v) is 1.87. The van der Waals surface area contributed by atoms with E-state index in [9.17, 15) is 26.7 Å². The lowest BCUT2D eigenvalue weighted by Crippen LogP contribution is -2.15. The van der Waals surface area contributed by atoms with Crippen molar-refractivity contribution in [3.63, 3.8) is 0 Å². The minimum atomic E-state index is -5.08. The van der Waals surface area contributed by atoms with Crippen molar-refractivity contribution in [1.82, 2.24) is 4.98 Å². The summed E-state index contributed by atoms with van der Waals surface area (Å²) in [5.41, 5.74) is -4.24. The SMILES string of the molecule is O=Cc1nc(Cl)cc(C(F)F)c1C(F)(F)F. The summed E-state index contributed by atoms with van der Waals surface area (Å²) < 4.78 is 61.9. The van der Waals surface area contributed by atoms with Crippen molar-refractivity contribution in [3.8, 4) is 0 Å². The van der Waals surface area contributed by atoms with Crippen LogP contribution in [0.15, 0.2) is 6.07 Å². The van der Waals surface area contributed by atoms with Gasteiger partial charge in [0.2, 0.25) is 0 Å². The molecule has 0 spiro atoms. The van der Waals surface area contributed by atoms with Crippen LogP contribution in [0, 0.1) is 0 Å². The molecule has 0 bridgehead atoms. The highest BCUT2D eigenvalue weighted by molar-refractivity contribution is 6.29. The molecule has 0 aliphatic rings. The first kappa shape index (κ1) is 12.8. The van der Waals surface area contributed by atoms with E-state index >= 15 is 0 Å². The number of nitrogens with zero attached hydrogens (tertiary/aromatic N) is 1. The Bertz CT molecular complexity index is 418. The molecule has 1 aromatic rings. The second kappa shape index (κ2) is 4.32. The second-order valence-electron chi connectivity index (χ2n) is 2.71. The van der Waals surface area contributed by atoms with Crippen LogP contribution in [0.25, 0.3) is 0 Å². The molecule has 0 radical (unpaired) electrons. The van der Waals surface area contributed by atoms with Gasteiger partial charge in [0.1, 0.15) is 10.8 Å². The Labute approximate surface area is 91.0 Å². The molecule has 0 amide bonds. The van der Waals surface area contributed by atoms with E-state index in [1.54, 1.807) is 0 Å². The molecular formula is C8H3ClF5NO. The molecule has 0 aromatic carbocycles. The first-order valence-corrected chi connectivity index (χ1v) is 4.16. The van der Waals surface area contributed by atoms with Gasteiger partial charge in [-0.1, -0.05) is 11.6 Å². The van der Waals surface area contributed by atoms with E-state index in [1.807, 2.05) is 0 Å². The average Bonchev–Trinajstić information content (AvgIpc) is 2.14. The van der Waals surface area contributed by atoms with Crippen molar-refractivity contribution in [2.75, 3.05) is 0 Å². The fourth-order valence-corrected chi connectivity index (χ4v) is 1.33. The predicted molar refractivity (Wildman–Crippen MR) is 44.6 cm³/mol. The Hall–Kier alpha value is -1.24. The fourth-order valence-electron chi connectivity index (χ4n) is 1.12. The van der Waals surface area contributed by atoms with Crippen LogP contribution >= 0.6 is 11.6 Å². The monoisotopic (exact) mass is 259 g/mol. The van der Waals surface area contributed by atoms with Gasteiger partial charge >= 0.3 is 6.18 Å². The summed E-state index contributed by atoms with van der Waals surface area (Å²) in [5.74, 6) is 0. The molecule has 1 aromatic heterocycles. The van der Waals surface area contributed by atoms with Gasteiger partial charge in [0.05, 0.1) is 5.56 Å². The number of hydrogen-bond donors (Lipinski definition) is 0. The van der Waals surface area contributed by atoms with Gasteiger partial charge in [0, 0.05) is 5.56 Å². The van der Waals surface area contributed by atoms with E-state index < -0.39 is 34.6 Å². The van der Waals surface area contributed by atoms with Gasteiger partial charge in [0.25, 0.3) is 6.43 Å². The van der Waals surface area contributed by atoms with E-state index in [0.29, 0.717) is 6.07 Å². The summed E-state index contributed by atoms with van der Waals surface area (Å²) in [7, 11) is 0. The number of alkyl halides is 5. The number of rotatable bonds is 2. The molecule has 0 unspecified atom stereocenters. The topological polar surface area (TPSA) is 30.0 Å². The lowest BCUT2D eigenvalue weighted by molar-refractivity contribution is -0.140. The van der Waals surface area contributed by atoms with Crippen molar-refractivity contribution >= 4 is 17.9 Å². The summed E-state index contributed by atoms with van der Waals surface area (Å²) in [6, 6.07) is 0.391. The minimum absolute atomic E-state index is 0.263. The second-order valence-corrected chi connectivity index (χ2v) is 3.10. The fraction of sp³-hybridized carbons (Fsp3) is 0.250. The zero-order valence-electron chi connectivity index (χ0n) is 7.36. The van der Waals surface area contributed by atoms with E-state index in [1.165, 1.54) is 0 Å². The molecular weight excluding hydrogens is 257 g/mol. The lowest BCUT2D eigenvalue weighted by Gasteiger charge is -2.13. The van der Waals surface area contributed by atoms with Gasteiger partial charge in [0.15, 0.2) is 6.29 Å². The maximum absolute atomic E-state index is 12.4. The number of carbonyl (C=O) groups excluding carboxylic acids is 1. The van der Waals surface area contributed by atoms with Gasteiger partial charge in [-0.2, -0.15) is 13.2 Å². The van der Waals surface area contributed by atoms with Crippen LogP contribution in [0.2, 0.25) is 5.15 Å². The summed E-state index contributed by atoms with van der Waals surface area (Å²) in [4.78, 5) is 13.4. The Balaban J connectivity index is 3.58. The zero-order valence-corrected chi connectivity index (χ0v) is 8.11. The third kappa shape index (κ3) is 2.46. The molecule has 0 saturated heterocycles. The van der Waals surface area contributed by atoms with Crippen molar-refractivity contribution in [1.29, 1.82) is 0 Å². The average molecular weight is 260 g/mol. The van der Waals surface area contributed by atoms with E-state index in [0.717, 1.165) is 0 Å². The summed E-state index contributed by atoms with van der Waals surface area (Å²) >= 11 is 5.22. The highest BCUT2D eigenvalue weighted by Gasteiger charge is 2.39. The molecule has 0 saturated carbocycles. The highest BCUT2D eigenvalue weighted by atomic mass is 35.5. The molecule has 8 heteroatoms. The Kier molecular flexibility index (Phi) is 3.47. The van der Waals surface area contributed by atoms with Crippen LogP contribution in [0.5, 0.6) is 0 Å². The summed E-state index contributed by atoms with van der Waals surface area (Å²) in [6.07, 6.45) is -8.74. The number of aromatic nitrogens is 1. The number of carbonyl (C=O) groups is 1. The first-order chi connectivity index (χ1) is 7.27. The lowest BCUT2D eigenvalue weighted by atomic mass is 10.1. The molecule has 0 N–H and O–H groups in total. The van der Waals surface area contributed by atoms with Crippen LogP contribution in [0.4, 0.5) is 22.0 Å². The van der Waals surface area contributed by atoms with Gasteiger partial charge in [-0.25, -0.2) is 13.8 Å². The van der Waals surface area contributed by atoms with Crippen LogP contribution in [-0.4, -0.2) is 11.3 Å². The summed E-state index contributed by atoms with van der Waals surface area (Å²) in [6.45, 7) is 0. The largest absolute Gasteiger partial charge is 0.419 e. The van der Waals surface area contributed by atoms with Crippen molar-refractivity contribution in [2.45, 2.75) is 12.6 Å². The molecule has 0 atom stereocenters. The Morgan fingerprint density at radius 2 is 1.94 bits per heavy atom. The Morgan fingerprint density at radius 1 is 1.38 bits per heavy atom. The van der Waals surface area contributed by atoms with Crippen LogP contribution in [-0.2, 0) is 6.18 Å². The van der Waals surface area contributed by atoms with Gasteiger partial charge < -0.3 is 0 Å². The number of pyridine rings is 1. The van der Waals surface area contributed by atoms with Gasteiger partial charge in [-0.05, 0) is 6.07 Å². The van der Waals surface area contributed by atoms with Crippen LogP contribution in [0.3, 0.4) is 0 Å². The molecule has 0 aliphatic carbocycles. The summed E-state index contributed by atoms with van der Waals surface area (Å²) in [5, 5.41) is -0.592. The number of halogens is 6. The smallest absolute Gasteiger partial charge is 0.296 e. The predicted octanol–water partition coefficient (Wildman–Crippen LogP) is 3.50. The number of hydrogen-bond acceptors (Lipinski definition) is 2. The molecule has 1 rings (SSSR count). The van der Waals surface area contributed by atoms with Crippen molar-refractivity contribution < 1.29 is 26.7 Å². The quantitative estimate of drug-likeness (QED) is 0.462. The van der Waals surface area contributed by atoms with Gasteiger partial charge in [-0.15, -0.1) is 0 Å². The maximum atomic E-state index is 12.4. The molecule has 0 fully saturated rings. The molecule has 0 aliphatic heterocycles. The van der Waals surface area contributed by atoms with Crippen molar-refractivity contribution in [3.05, 3.63) is 28.0 Å². The first-order valence-electron chi connectivity index (χ1n) is 3.78. The Morgan fingerprint density at radius 3 is 2.31 bits per heavy atom. The third-order valence-electron chi connectivity index (χ3n) is 1.68. The molecule has 2 nitrogen and oxygen atoms in total. The van der Waals surface area contributed by atoms with E-state index in [2.05, 4.69) is 4.98 Å². The molecule has 1 heterocycles. The normalized spacial score (nSPS) is 11.9. The standard InChI is InChI=1S/C8H3ClF5NO/c9-5-1-3(7(10)11)6(8(12,13)14)4(2-16)15-5/h1-2,7H. The van der Waals surface area contributed by atoms with E-state index in [-0.39, 0.29) is 6.29 Å². The van der Waals surface area contributed by atoms with Crippen LogP contribution < -0.4 is 0 Å². The highest BCUT2D eigenvalue weighted by Crippen LogP contribution is 2.38.